The Morgan fingerprint density at radius 3 is 2.62 bits per heavy atom. The van der Waals surface area contributed by atoms with Gasteiger partial charge < -0.3 is 10.1 Å². The van der Waals surface area contributed by atoms with Crippen molar-refractivity contribution in [3.63, 3.8) is 0 Å². The second-order valence-electron chi connectivity index (χ2n) is 4.17. The van der Waals surface area contributed by atoms with E-state index in [2.05, 4.69) is 65.9 Å². The van der Waals surface area contributed by atoms with Gasteiger partial charge in [0.25, 0.3) is 0 Å². The highest BCUT2D eigenvalue weighted by atomic mass is 127. The minimum absolute atomic E-state index is 0.491. The molecule has 0 spiro atoms. The predicted octanol–water partition coefficient (Wildman–Crippen LogP) is 4.32. The molecule has 0 fully saturated rings. The standard InChI is InChI=1S/C14H15BrIN3OS/c1-17-14-13(16)11(7-20-2)18-12(19-14)8-21-10-5-3-9(15)4-6-10/h3-6H,7-8H2,1-2H3,(H,17,18,19). The Kier molecular flexibility index (Phi) is 6.72. The summed E-state index contributed by atoms with van der Waals surface area (Å²) in [6, 6.07) is 8.23. The minimum atomic E-state index is 0.491. The quantitative estimate of drug-likeness (QED) is 0.493. The molecular formula is C14H15BrIN3OS. The summed E-state index contributed by atoms with van der Waals surface area (Å²) in [5, 5.41) is 3.11. The fourth-order valence-electron chi connectivity index (χ4n) is 1.69. The van der Waals surface area contributed by atoms with E-state index in [9.17, 15) is 0 Å². The van der Waals surface area contributed by atoms with Crippen molar-refractivity contribution in [2.45, 2.75) is 17.3 Å². The Labute approximate surface area is 150 Å². The molecule has 112 valence electrons. The SMILES string of the molecule is CNc1nc(CSc2ccc(Br)cc2)nc(COC)c1I. The number of ether oxygens (including phenoxy) is 1. The summed E-state index contributed by atoms with van der Waals surface area (Å²) in [7, 11) is 3.54. The van der Waals surface area contributed by atoms with Crippen LogP contribution in [0.25, 0.3) is 0 Å². The zero-order chi connectivity index (χ0) is 15.2. The summed E-state index contributed by atoms with van der Waals surface area (Å²) >= 11 is 7.40. The first-order chi connectivity index (χ1) is 10.1. The highest BCUT2D eigenvalue weighted by molar-refractivity contribution is 14.1. The van der Waals surface area contributed by atoms with Gasteiger partial charge in [-0.2, -0.15) is 0 Å². The van der Waals surface area contributed by atoms with E-state index >= 15 is 0 Å². The van der Waals surface area contributed by atoms with E-state index in [1.54, 1.807) is 18.9 Å². The van der Waals surface area contributed by atoms with E-state index in [-0.39, 0.29) is 0 Å². The third-order valence-corrected chi connectivity index (χ3v) is 5.34. The molecular weight excluding hydrogens is 465 g/mol. The maximum absolute atomic E-state index is 5.20. The number of aromatic nitrogens is 2. The largest absolute Gasteiger partial charge is 0.378 e. The molecule has 0 saturated heterocycles. The van der Waals surface area contributed by atoms with Gasteiger partial charge in [0.1, 0.15) is 11.6 Å². The summed E-state index contributed by atoms with van der Waals surface area (Å²) in [6.07, 6.45) is 0. The van der Waals surface area contributed by atoms with E-state index < -0.39 is 0 Å². The molecule has 1 aromatic heterocycles. The first kappa shape index (κ1) is 17.0. The van der Waals surface area contributed by atoms with Gasteiger partial charge in [0.15, 0.2) is 0 Å². The average molecular weight is 480 g/mol. The zero-order valence-electron chi connectivity index (χ0n) is 11.7. The molecule has 1 N–H and O–H groups in total. The average Bonchev–Trinajstić information content (AvgIpc) is 2.49. The molecule has 0 radical (unpaired) electrons. The Balaban J connectivity index is 2.15. The number of nitrogens with one attached hydrogen (secondary N) is 1. The summed E-state index contributed by atoms with van der Waals surface area (Å²) in [6.45, 7) is 0.491. The fourth-order valence-corrected chi connectivity index (χ4v) is 3.37. The number of nitrogens with zero attached hydrogens (tertiary/aromatic N) is 2. The van der Waals surface area contributed by atoms with Crippen LogP contribution in [0.4, 0.5) is 5.82 Å². The number of rotatable bonds is 6. The molecule has 0 bridgehead atoms. The molecule has 0 unspecified atom stereocenters. The van der Waals surface area contributed by atoms with Crippen LogP contribution in [0.5, 0.6) is 0 Å². The van der Waals surface area contributed by atoms with Crippen molar-refractivity contribution in [2.75, 3.05) is 19.5 Å². The summed E-state index contributed by atoms with van der Waals surface area (Å²) in [4.78, 5) is 10.3. The molecule has 4 nitrogen and oxygen atoms in total. The van der Waals surface area contributed by atoms with Gasteiger partial charge in [-0.05, 0) is 46.9 Å². The third-order valence-electron chi connectivity index (χ3n) is 2.67. The van der Waals surface area contributed by atoms with Crippen LogP contribution in [-0.4, -0.2) is 24.1 Å². The number of methoxy groups -OCH3 is 1. The second kappa shape index (κ2) is 8.30. The van der Waals surface area contributed by atoms with Crippen LogP contribution in [0.15, 0.2) is 33.6 Å². The predicted molar refractivity (Wildman–Crippen MR) is 98.7 cm³/mol. The van der Waals surface area contributed by atoms with Gasteiger partial charge in [0, 0.05) is 23.5 Å². The molecule has 2 rings (SSSR count). The molecule has 2 aromatic rings. The molecule has 21 heavy (non-hydrogen) atoms. The lowest BCUT2D eigenvalue weighted by Crippen LogP contribution is -2.07. The lowest BCUT2D eigenvalue weighted by atomic mass is 10.4. The van der Waals surface area contributed by atoms with Crippen molar-refractivity contribution in [1.82, 2.24) is 9.97 Å². The normalized spacial score (nSPS) is 10.7. The van der Waals surface area contributed by atoms with Crippen molar-refractivity contribution in [3.8, 4) is 0 Å². The maximum atomic E-state index is 5.20. The molecule has 0 aliphatic rings. The smallest absolute Gasteiger partial charge is 0.143 e. The number of halogens is 2. The van der Waals surface area contributed by atoms with Crippen LogP contribution in [0.2, 0.25) is 0 Å². The van der Waals surface area contributed by atoms with Gasteiger partial charge in [0.05, 0.1) is 21.6 Å². The van der Waals surface area contributed by atoms with Crippen LogP contribution in [0.1, 0.15) is 11.5 Å². The van der Waals surface area contributed by atoms with Crippen molar-refractivity contribution >= 4 is 56.1 Å². The van der Waals surface area contributed by atoms with Crippen LogP contribution in [0.3, 0.4) is 0 Å². The third kappa shape index (κ3) is 4.80. The summed E-state index contributed by atoms with van der Waals surface area (Å²) in [5.74, 6) is 2.38. The molecule has 0 saturated carbocycles. The summed E-state index contributed by atoms with van der Waals surface area (Å²) < 4.78 is 7.29. The highest BCUT2D eigenvalue weighted by Crippen LogP contribution is 2.25. The fraction of sp³-hybridized carbons (Fsp3) is 0.286. The number of hydrogen-bond donors (Lipinski definition) is 1. The minimum Gasteiger partial charge on any atom is -0.378 e. The maximum Gasteiger partial charge on any atom is 0.143 e. The molecule has 0 aliphatic carbocycles. The van der Waals surface area contributed by atoms with Gasteiger partial charge in [-0.3, -0.25) is 0 Å². The van der Waals surface area contributed by atoms with E-state index in [0.717, 1.165) is 31.1 Å². The van der Waals surface area contributed by atoms with Crippen molar-refractivity contribution in [3.05, 3.63) is 43.8 Å². The van der Waals surface area contributed by atoms with Gasteiger partial charge in [-0.15, -0.1) is 11.8 Å². The van der Waals surface area contributed by atoms with Gasteiger partial charge in [-0.1, -0.05) is 15.9 Å². The monoisotopic (exact) mass is 479 g/mol. The van der Waals surface area contributed by atoms with Crippen molar-refractivity contribution in [2.24, 2.45) is 0 Å². The topological polar surface area (TPSA) is 47.0 Å². The lowest BCUT2D eigenvalue weighted by Gasteiger charge is -2.10. The molecule has 0 atom stereocenters. The van der Waals surface area contributed by atoms with Gasteiger partial charge >= 0.3 is 0 Å². The Bertz CT molecular complexity index is 610. The zero-order valence-corrected chi connectivity index (χ0v) is 16.3. The highest BCUT2D eigenvalue weighted by Gasteiger charge is 2.11. The molecule has 7 heteroatoms. The van der Waals surface area contributed by atoms with Crippen LogP contribution >= 0.6 is 50.3 Å². The number of hydrogen-bond acceptors (Lipinski definition) is 5. The Morgan fingerprint density at radius 1 is 1.29 bits per heavy atom. The number of anilines is 1. The van der Waals surface area contributed by atoms with Crippen LogP contribution < -0.4 is 5.32 Å². The molecule has 1 heterocycles. The molecule has 0 amide bonds. The van der Waals surface area contributed by atoms with Crippen molar-refractivity contribution in [1.29, 1.82) is 0 Å². The Hall–Kier alpha value is -0.380. The second-order valence-corrected chi connectivity index (χ2v) is 7.22. The molecule has 0 aliphatic heterocycles. The Morgan fingerprint density at radius 2 is 2.00 bits per heavy atom. The van der Waals surface area contributed by atoms with Crippen molar-refractivity contribution < 1.29 is 4.74 Å². The van der Waals surface area contributed by atoms with Gasteiger partial charge in [0.2, 0.25) is 0 Å². The van der Waals surface area contributed by atoms with Crippen LogP contribution in [-0.2, 0) is 17.1 Å². The summed E-state index contributed by atoms with van der Waals surface area (Å²) in [5.41, 5.74) is 0.920. The number of benzene rings is 1. The lowest BCUT2D eigenvalue weighted by molar-refractivity contribution is 0.180. The van der Waals surface area contributed by atoms with Gasteiger partial charge in [-0.25, -0.2) is 9.97 Å². The van der Waals surface area contributed by atoms with E-state index in [1.165, 1.54) is 4.90 Å². The van der Waals surface area contributed by atoms with Crippen LogP contribution in [0, 0.1) is 3.57 Å². The first-order valence-electron chi connectivity index (χ1n) is 6.24. The first-order valence-corrected chi connectivity index (χ1v) is 9.10. The molecule has 1 aromatic carbocycles. The number of thioether (sulfide) groups is 1. The van der Waals surface area contributed by atoms with E-state index in [4.69, 9.17) is 4.74 Å². The van der Waals surface area contributed by atoms with E-state index in [0.29, 0.717) is 6.61 Å². The van der Waals surface area contributed by atoms with E-state index in [1.807, 2.05) is 19.2 Å².